The number of amides is 1. The molecule has 1 amide bonds. The fourth-order valence-corrected chi connectivity index (χ4v) is 10.3. The predicted octanol–water partition coefficient (Wildman–Crippen LogP) is 9.00. The number of ether oxygens (including phenoxy) is 1. The number of carbonyl (C=O) groups is 1. The second-order valence-electron chi connectivity index (χ2n) is 17.7. The van der Waals surface area contributed by atoms with Gasteiger partial charge in [0.05, 0.1) is 27.7 Å². The molecule has 4 aliphatic rings. The summed E-state index contributed by atoms with van der Waals surface area (Å²) in [5.74, 6) is 0.275. The lowest BCUT2D eigenvalue weighted by atomic mass is 9.72. The van der Waals surface area contributed by atoms with Crippen LogP contribution in [0, 0.1) is 5.41 Å². The van der Waals surface area contributed by atoms with E-state index >= 15 is 0 Å². The van der Waals surface area contributed by atoms with Crippen molar-refractivity contribution >= 4 is 67.1 Å². The molecule has 0 radical (unpaired) electrons. The lowest BCUT2D eigenvalue weighted by Gasteiger charge is -2.39. The lowest BCUT2D eigenvalue weighted by Crippen LogP contribution is -2.47. The number of halogens is 2. The molecule has 2 saturated heterocycles. The van der Waals surface area contributed by atoms with Gasteiger partial charge in [0.1, 0.15) is 22.2 Å². The summed E-state index contributed by atoms with van der Waals surface area (Å²) < 4.78 is 36.1. The number of carbonyl (C=O) groups excluding carboxylic acids is 1. The molecule has 0 bridgehead atoms. The number of rotatable bonds is 12. The number of allylic oxidation sites excluding steroid dienone is 1. The first-order valence-corrected chi connectivity index (χ1v) is 23.5. The van der Waals surface area contributed by atoms with Crippen molar-refractivity contribution in [1.29, 1.82) is 0 Å². The number of nitrogens with one attached hydrogen (secondary N) is 3. The molecule has 0 unspecified atom stereocenters. The molecule has 15 heteroatoms. The summed E-state index contributed by atoms with van der Waals surface area (Å²) in [6, 6.07) is 21.3. The minimum atomic E-state index is -4.36. The largest absolute Gasteiger partial charge is 0.456 e. The van der Waals surface area contributed by atoms with Crippen molar-refractivity contribution in [2.24, 2.45) is 5.41 Å². The first kappa shape index (κ1) is 41.7. The number of nitrogens with zero attached hydrogens (tertiary/aromatic N) is 5. The highest BCUT2D eigenvalue weighted by molar-refractivity contribution is 7.90. The van der Waals surface area contributed by atoms with E-state index in [9.17, 15) is 13.2 Å². The van der Waals surface area contributed by atoms with Crippen molar-refractivity contribution in [2.45, 2.75) is 75.8 Å². The highest BCUT2D eigenvalue weighted by atomic mass is 35.5. The van der Waals surface area contributed by atoms with Gasteiger partial charge in [-0.05, 0) is 104 Å². The van der Waals surface area contributed by atoms with Crippen LogP contribution in [-0.2, 0) is 10.0 Å². The molecule has 5 aromatic rings. The molecule has 3 N–H and O–H groups in total. The maximum absolute atomic E-state index is 14.0. The second kappa shape index (κ2) is 17.2. The van der Waals surface area contributed by atoms with Crippen LogP contribution in [0.5, 0.6) is 11.5 Å². The topological polar surface area (TPSA) is 136 Å². The predicted molar refractivity (Wildman–Crippen MR) is 242 cm³/mol. The zero-order chi connectivity index (χ0) is 42.3. The average Bonchev–Trinajstić information content (AvgIpc) is 3.98. The van der Waals surface area contributed by atoms with Crippen molar-refractivity contribution in [3.05, 3.63) is 106 Å². The molecule has 2 aliphatic heterocycles. The Bertz CT molecular complexity index is 2560. The third-order valence-electron chi connectivity index (χ3n) is 12.7. The molecule has 2 aromatic heterocycles. The van der Waals surface area contributed by atoms with E-state index in [4.69, 9.17) is 27.9 Å². The minimum absolute atomic E-state index is 0.0585. The Morgan fingerprint density at radius 3 is 2.43 bits per heavy atom. The molecule has 12 nitrogen and oxygen atoms in total. The Labute approximate surface area is 367 Å². The van der Waals surface area contributed by atoms with Crippen LogP contribution < -0.4 is 19.7 Å². The Balaban J connectivity index is 0.909. The highest BCUT2D eigenvalue weighted by Crippen LogP contribution is 2.44. The fraction of sp³-hybridized carbons (Fsp3) is 0.413. The Hall–Kier alpha value is -4.66. The van der Waals surface area contributed by atoms with E-state index in [0.717, 1.165) is 106 Å². The third kappa shape index (κ3) is 9.56. The summed E-state index contributed by atoms with van der Waals surface area (Å²) >= 11 is 12.8. The summed E-state index contributed by atoms with van der Waals surface area (Å²) in [7, 11) is -4.36. The molecular weight excluding hydrogens is 832 g/mol. The third-order valence-corrected chi connectivity index (χ3v) is 14.5. The number of aromatic amines is 1. The van der Waals surface area contributed by atoms with E-state index in [1.54, 1.807) is 18.3 Å². The number of likely N-dealkylation sites (tertiary alicyclic amines) is 1. The van der Waals surface area contributed by atoms with Crippen molar-refractivity contribution < 1.29 is 17.9 Å². The highest BCUT2D eigenvalue weighted by Gasteiger charge is 2.33. The second-order valence-corrected chi connectivity index (χ2v) is 20.2. The van der Waals surface area contributed by atoms with Gasteiger partial charge in [0, 0.05) is 80.9 Å². The molecule has 320 valence electrons. The van der Waals surface area contributed by atoms with E-state index in [1.165, 1.54) is 41.8 Å². The van der Waals surface area contributed by atoms with Crippen LogP contribution in [0.15, 0.2) is 89.6 Å². The maximum atomic E-state index is 14.0. The van der Waals surface area contributed by atoms with Gasteiger partial charge < -0.3 is 19.9 Å². The van der Waals surface area contributed by atoms with Crippen LogP contribution in [0.3, 0.4) is 0 Å². The number of aromatic nitrogens is 3. The Morgan fingerprint density at radius 1 is 0.918 bits per heavy atom. The van der Waals surface area contributed by atoms with Gasteiger partial charge in [-0.15, -0.1) is 0 Å². The van der Waals surface area contributed by atoms with Crippen molar-refractivity contribution in [1.82, 2.24) is 29.7 Å². The van der Waals surface area contributed by atoms with Gasteiger partial charge in [0.2, 0.25) is 0 Å². The average molecular weight is 884 g/mol. The first-order chi connectivity index (χ1) is 29.4. The van der Waals surface area contributed by atoms with Crippen LogP contribution in [-0.4, -0.2) is 97.2 Å². The van der Waals surface area contributed by atoms with Gasteiger partial charge in [-0.3, -0.25) is 14.8 Å². The molecule has 9 rings (SSSR count). The molecule has 1 saturated carbocycles. The molecule has 4 heterocycles. The van der Waals surface area contributed by atoms with Crippen molar-refractivity contribution in [3.63, 3.8) is 0 Å². The van der Waals surface area contributed by atoms with Crippen LogP contribution in [0.2, 0.25) is 10.0 Å². The van der Waals surface area contributed by atoms with Crippen molar-refractivity contribution in [2.75, 3.05) is 56.0 Å². The van der Waals surface area contributed by atoms with Gasteiger partial charge in [-0.2, -0.15) is 5.10 Å². The molecule has 3 aromatic carbocycles. The smallest absolute Gasteiger partial charge is 0.268 e. The summed E-state index contributed by atoms with van der Waals surface area (Å²) in [6.07, 6.45) is 10.6. The summed E-state index contributed by atoms with van der Waals surface area (Å²) in [4.78, 5) is 25.5. The number of sulfonamides is 1. The quantitative estimate of drug-likeness (QED) is 0.111. The normalized spacial score (nSPS) is 19.3. The molecule has 61 heavy (non-hydrogen) atoms. The Morgan fingerprint density at radius 2 is 1.69 bits per heavy atom. The summed E-state index contributed by atoms with van der Waals surface area (Å²) in [5.41, 5.74) is 6.11. The zero-order valence-electron chi connectivity index (χ0n) is 34.6. The number of H-pyrrole nitrogens is 1. The molecular formula is C46H52Cl2N8O4S. The number of benzene rings is 3. The van der Waals surface area contributed by atoms with Crippen LogP contribution in [0.4, 0.5) is 11.5 Å². The van der Waals surface area contributed by atoms with E-state index in [2.05, 4.69) is 65.9 Å². The SMILES string of the molecule is CC1(C)CCC(CN2CCN(c3ccc(C(=O)NS(=O)(=O)c4cnc(NC5CCN(C6CC6)CC5)c(Cl)c4)c(Oc4cccc5[nH]ncc45)c3)CC2)=C(c2ccc(Cl)cc2)C1. The Kier molecular flexibility index (Phi) is 11.8. The summed E-state index contributed by atoms with van der Waals surface area (Å²) in [5, 5.41) is 12.1. The van der Waals surface area contributed by atoms with E-state index < -0.39 is 15.9 Å². The number of hydrogen-bond donors (Lipinski definition) is 3. The molecule has 0 atom stereocenters. The van der Waals surface area contributed by atoms with E-state index in [1.807, 2.05) is 36.4 Å². The number of piperidine rings is 1. The minimum Gasteiger partial charge on any atom is -0.456 e. The number of anilines is 2. The van der Waals surface area contributed by atoms with Gasteiger partial charge in [0.25, 0.3) is 15.9 Å². The van der Waals surface area contributed by atoms with Gasteiger partial charge in [0.15, 0.2) is 0 Å². The zero-order valence-corrected chi connectivity index (χ0v) is 36.9. The molecule has 2 aliphatic carbocycles. The van der Waals surface area contributed by atoms with Crippen LogP contribution >= 0.6 is 23.2 Å². The number of pyridine rings is 1. The summed E-state index contributed by atoms with van der Waals surface area (Å²) in [6.45, 7) is 10.9. The van der Waals surface area contributed by atoms with Gasteiger partial charge >= 0.3 is 0 Å². The number of fused-ring (bicyclic) bond motifs is 1. The first-order valence-electron chi connectivity index (χ1n) is 21.3. The molecule has 0 spiro atoms. The van der Waals surface area contributed by atoms with Crippen molar-refractivity contribution in [3.8, 4) is 11.5 Å². The number of hydrogen-bond acceptors (Lipinski definition) is 10. The maximum Gasteiger partial charge on any atom is 0.268 e. The van der Waals surface area contributed by atoms with E-state index in [0.29, 0.717) is 11.6 Å². The van der Waals surface area contributed by atoms with Gasteiger partial charge in [-0.1, -0.05) is 60.8 Å². The van der Waals surface area contributed by atoms with E-state index in [-0.39, 0.29) is 32.7 Å². The van der Waals surface area contributed by atoms with Crippen LogP contribution in [0.1, 0.15) is 74.7 Å². The monoisotopic (exact) mass is 882 g/mol. The van der Waals surface area contributed by atoms with Crippen LogP contribution in [0.25, 0.3) is 16.5 Å². The lowest BCUT2D eigenvalue weighted by molar-refractivity contribution is 0.0979. The number of piperazine rings is 1. The fourth-order valence-electron chi connectivity index (χ4n) is 8.98. The standard InChI is InChI=1S/C46H52Cl2N8O4S/c1-46(2)17-14-31(38(26-46)30-6-8-32(47)9-7-30)29-54-20-22-56(23-21-54)35-12-13-37(43(24-35)60-42-5-3-4-41-39(42)28-50-52-41)45(57)53-61(58,59)36-25-40(48)44(49-27-36)51-33-15-18-55(19-16-33)34-10-11-34/h3-9,12-13,24-25,27-28,33-34H,10-11,14-23,26,29H2,1-2H3,(H,49,51)(H,50,52)(H,53,57). The van der Waals surface area contributed by atoms with Gasteiger partial charge in [-0.25, -0.2) is 18.1 Å². The molecule has 3 fully saturated rings.